The van der Waals surface area contributed by atoms with E-state index >= 15 is 0 Å². The predicted octanol–water partition coefficient (Wildman–Crippen LogP) is 1.20. The van der Waals surface area contributed by atoms with Crippen LogP contribution in [-0.2, 0) is 9.84 Å². The Kier molecular flexibility index (Phi) is 4.25. The number of nitrogen functional groups attached to an aromatic ring is 1. The molecule has 1 aromatic carbocycles. The van der Waals surface area contributed by atoms with Crippen molar-refractivity contribution in [3.05, 3.63) is 18.2 Å². The number of benzene rings is 1. The van der Waals surface area contributed by atoms with Gasteiger partial charge in [-0.2, -0.15) is 0 Å². The first kappa shape index (κ1) is 15.1. The Balaban J connectivity index is 2.34. The summed E-state index contributed by atoms with van der Waals surface area (Å²) in [6.07, 6.45) is 3.45. The summed E-state index contributed by atoms with van der Waals surface area (Å²) in [5.74, 6) is 0. The minimum Gasteiger partial charge on any atom is -0.396 e. The first-order valence-corrected chi connectivity index (χ1v) is 8.69. The molecule has 20 heavy (non-hydrogen) atoms. The lowest BCUT2D eigenvalue weighted by atomic mass is 10.0. The highest BCUT2D eigenvalue weighted by atomic mass is 32.2. The van der Waals surface area contributed by atoms with E-state index in [9.17, 15) is 8.42 Å². The van der Waals surface area contributed by atoms with Gasteiger partial charge in [-0.3, -0.25) is 0 Å². The van der Waals surface area contributed by atoms with Crippen molar-refractivity contribution in [3.8, 4) is 0 Å². The van der Waals surface area contributed by atoms with E-state index in [4.69, 9.17) is 5.73 Å². The van der Waals surface area contributed by atoms with Crippen LogP contribution in [0.1, 0.15) is 12.8 Å². The molecule has 1 fully saturated rings. The van der Waals surface area contributed by atoms with Crippen molar-refractivity contribution >= 4 is 21.2 Å². The van der Waals surface area contributed by atoms with Gasteiger partial charge in [0.2, 0.25) is 0 Å². The highest BCUT2D eigenvalue weighted by Gasteiger charge is 2.24. The molecule has 1 saturated heterocycles. The van der Waals surface area contributed by atoms with E-state index in [1.54, 1.807) is 12.1 Å². The van der Waals surface area contributed by atoms with Crippen LogP contribution in [0.5, 0.6) is 0 Å². The molecule has 0 amide bonds. The zero-order valence-electron chi connectivity index (χ0n) is 12.3. The Bertz CT molecular complexity index is 584. The van der Waals surface area contributed by atoms with Crippen LogP contribution in [0, 0.1) is 0 Å². The fourth-order valence-corrected chi connectivity index (χ4v) is 3.56. The molecule has 5 nitrogen and oxygen atoms in total. The average molecular weight is 297 g/mol. The van der Waals surface area contributed by atoms with Gasteiger partial charge in [-0.1, -0.05) is 6.07 Å². The SMILES string of the molecule is CN(C)C1CCCN(c2cccc(S(C)(=O)=O)c2N)C1. The molecule has 1 atom stereocenters. The lowest BCUT2D eigenvalue weighted by Gasteiger charge is -2.38. The first-order chi connectivity index (χ1) is 9.30. The average Bonchev–Trinajstić information content (AvgIpc) is 2.37. The highest BCUT2D eigenvalue weighted by Crippen LogP contribution is 2.31. The number of piperidine rings is 1. The minimum atomic E-state index is -3.29. The molecule has 0 saturated carbocycles. The summed E-state index contributed by atoms with van der Waals surface area (Å²) in [7, 11) is 0.861. The molecule has 0 radical (unpaired) electrons. The molecule has 2 N–H and O–H groups in total. The Labute approximate surface area is 121 Å². The van der Waals surface area contributed by atoms with Gasteiger partial charge in [0, 0.05) is 25.4 Å². The summed E-state index contributed by atoms with van der Waals surface area (Å²) in [6, 6.07) is 5.72. The van der Waals surface area contributed by atoms with Crippen molar-refractivity contribution in [2.45, 2.75) is 23.8 Å². The summed E-state index contributed by atoms with van der Waals surface area (Å²) >= 11 is 0. The zero-order valence-corrected chi connectivity index (χ0v) is 13.2. The van der Waals surface area contributed by atoms with Crippen LogP contribution in [0.25, 0.3) is 0 Å². The molecule has 1 unspecified atom stereocenters. The number of hydrogen-bond acceptors (Lipinski definition) is 5. The van der Waals surface area contributed by atoms with Crippen molar-refractivity contribution < 1.29 is 8.42 Å². The van der Waals surface area contributed by atoms with E-state index < -0.39 is 9.84 Å². The molecular formula is C14H23N3O2S. The van der Waals surface area contributed by atoms with Crippen LogP contribution in [0.4, 0.5) is 11.4 Å². The fraction of sp³-hybridized carbons (Fsp3) is 0.571. The van der Waals surface area contributed by atoms with Gasteiger partial charge < -0.3 is 15.5 Å². The summed E-state index contributed by atoms with van der Waals surface area (Å²) in [5.41, 5.74) is 7.29. The number of likely N-dealkylation sites (N-methyl/N-ethyl adjacent to an activating group) is 1. The van der Waals surface area contributed by atoms with Crippen molar-refractivity contribution in [2.75, 3.05) is 44.1 Å². The molecule has 6 heteroatoms. The third kappa shape index (κ3) is 3.07. The summed E-state index contributed by atoms with van der Waals surface area (Å²) < 4.78 is 23.5. The van der Waals surface area contributed by atoms with Crippen LogP contribution in [0.15, 0.2) is 23.1 Å². The molecule has 1 heterocycles. The van der Waals surface area contributed by atoms with Crippen LogP contribution >= 0.6 is 0 Å². The second-order valence-corrected chi connectivity index (χ2v) is 7.65. The second-order valence-electron chi connectivity index (χ2n) is 5.67. The van der Waals surface area contributed by atoms with Gasteiger partial charge in [0.05, 0.1) is 16.3 Å². The van der Waals surface area contributed by atoms with Gasteiger partial charge in [0.1, 0.15) is 0 Å². The van der Waals surface area contributed by atoms with Gasteiger partial charge in [-0.05, 0) is 39.1 Å². The number of nitrogens with zero attached hydrogens (tertiary/aromatic N) is 2. The first-order valence-electron chi connectivity index (χ1n) is 6.80. The van der Waals surface area contributed by atoms with Crippen LogP contribution in [0.3, 0.4) is 0 Å². The van der Waals surface area contributed by atoms with Crippen LogP contribution in [-0.4, -0.2) is 52.8 Å². The number of anilines is 2. The Morgan fingerprint density at radius 1 is 1.35 bits per heavy atom. The number of hydrogen-bond donors (Lipinski definition) is 1. The molecule has 0 aliphatic carbocycles. The fourth-order valence-electron chi connectivity index (χ4n) is 2.73. The summed E-state index contributed by atoms with van der Waals surface area (Å²) in [5, 5.41) is 0. The number of rotatable bonds is 3. The smallest absolute Gasteiger partial charge is 0.177 e. The quantitative estimate of drug-likeness (QED) is 0.849. The minimum absolute atomic E-state index is 0.224. The second kappa shape index (κ2) is 5.61. The van der Waals surface area contributed by atoms with E-state index in [2.05, 4.69) is 23.9 Å². The lowest BCUT2D eigenvalue weighted by Crippen LogP contribution is -2.45. The van der Waals surface area contributed by atoms with E-state index in [1.807, 2.05) is 6.07 Å². The molecule has 2 rings (SSSR count). The maximum Gasteiger partial charge on any atom is 0.177 e. The van der Waals surface area contributed by atoms with E-state index in [0.29, 0.717) is 11.7 Å². The van der Waals surface area contributed by atoms with Crippen LogP contribution in [0.2, 0.25) is 0 Å². The van der Waals surface area contributed by atoms with Crippen molar-refractivity contribution in [1.82, 2.24) is 4.90 Å². The molecule has 0 aromatic heterocycles. The van der Waals surface area contributed by atoms with Crippen molar-refractivity contribution in [2.24, 2.45) is 0 Å². The van der Waals surface area contributed by atoms with E-state index in [-0.39, 0.29) is 4.90 Å². The van der Waals surface area contributed by atoms with Gasteiger partial charge in [0.25, 0.3) is 0 Å². The van der Waals surface area contributed by atoms with E-state index in [1.165, 1.54) is 6.26 Å². The monoisotopic (exact) mass is 297 g/mol. The summed E-state index contributed by atoms with van der Waals surface area (Å²) in [4.78, 5) is 4.63. The maximum atomic E-state index is 11.8. The standard InChI is InChI=1S/C14H23N3O2S/c1-16(2)11-6-5-9-17(10-11)12-7-4-8-13(14(12)15)20(3,18)19/h4,7-8,11H,5-6,9-10,15H2,1-3H3. The van der Waals surface area contributed by atoms with Gasteiger partial charge in [-0.15, -0.1) is 0 Å². The van der Waals surface area contributed by atoms with Gasteiger partial charge in [-0.25, -0.2) is 8.42 Å². The molecule has 0 spiro atoms. The maximum absolute atomic E-state index is 11.8. The predicted molar refractivity (Wildman–Crippen MR) is 82.9 cm³/mol. The Morgan fingerprint density at radius 3 is 2.65 bits per heavy atom. The van der Waals surface area contributed by atoms with Crippen molar-refractivity contribution in [3.63, 3.8) is 0 Å². The lowest BCUT2D eigenvalue weighted by molar-refractivity contribution is 0.258. The third-order valence-electron chi connectivity index (χ3n) is 3.91. The van der Waals surface area contributed by atoms with Crippen LogP contribution < -0.4 is 10.6 Å². The molecule has 112 valence electrons. The normalized spacial score (nSPS) is 20.4. The molecular weight excluding hydrogens is 274 g/mol. The number of sulfone groups is 1. The topological polar surface area (TPSA) is 66.6 Å². The largest absolute Gasteiger partial charge is 0.396 e. The Hall–Kier alpha value is -1.27. The van der Waals surface area contributed by atoms with Gasteiger partial charge in [0.15, 0.2) is 9.84 Å². The molecule has 1 aromatic rings. The third-order valence-corrected chi connectivity index (χ3v) is 5.07. The zero-order chi connectivity index (χ0) is 14.9. The highest BCUT2D eigenvalue weighted by molar-refractivity contribution is 7.90. The van der Waals surface area contributed by atoms with E-state index in [0.717, 1.165) is 31.6 Å². The van der Waals surface area contributed by atoms with Crippen molar-refractivity contribution in [1.29, 1.82) is 0 Å². The Morgan fingerprint density at radius 2 is 2.05 bits per heavy atom. The van der Waals surface area contributed by atoms with Gasteiger partial charge >= 0.3 is 0 Å². The molecule has 0 bridgehead atoms. The number of para-hydroxylation sites is 1. The summed E-state index contributed by atoms with van der Waals surface area (Å²) in [6.45, 7) is 1.80. The molecule has 1 aliphatic heterocycles. The molecule has 1 aliphatic rings. The number of nitrogens with two attached hydrogens (primary N) is 1.